The number of alkyl halides is 3. The van der Waals surface area contributed by atoms with E-state index in [9.17, 15) is 13.2 Å². The second kappa shape index (κ2) is 5.82. The van der Waals surface area contributed by atoms with Crippen molar-refractivity contribution in [2.75, 3.05) is 24.6 Å². The average Bonchev–Trinajstić information content (AvgIpc) is 2.39. The Morgan fingerprint density at radius 3 is 2.47 bits per heavy atom. The number of hydrogen-bond donors (Lipinski definition) is 1. The molecule has 2 nitrogen and oxygen atoms in total. The Balaban J connectivity index is 2.05. The number of anilines is 1. The fourth-order valence-corrected chi connectivity index (χ4v) is 2.58. The number of aliphatic hydroxyl groups excluding tert-OH is 1. The second-order valence-corrected chi connectivity index (χ2v) is 5.01. The van der Waals surface area contributed by atoms with Crippen LogP contribution in [0.1, 0.15) is 24.8 Å². The summed E-state index contributed by atoms with van der Waals surface area (Å²) in [6.07, 6.45) is -1.42. The van der Waals surface area contributed by atoms with Gasteiger partial charge in [-0.3, -0.25) is 0 Å². The van der Waals surface area contributed by atoms with Crippen LogP contribution in [0.15, 0.2) is 24.3 Å². The molecule has 0 spiro atoms. The maximum absolute atomic E-state index is 12.5. The third kappa shape index (κ3) is 3.62. The maximum Gasteiger partial charge on any atom is 0.416 e. The lowest BCUT2D eigenvalue weighted by Crippen LogP contribution is -2.35. The summed E-state index contributed by atoms with van der Waals surface area (Å²) in [4.78, 5) is 2.10. The number of benzene rings is 1. The molecule has 0 amide bonds. The second-order valence-electron chi connectivity index (χ2n) is 5.01. The lowest BCUT2D eigenvalue weighted by atomic mass is 9.94. The number of hydrogen-bond acceptors (Lipinski definition) is 2. The first kappa shape index (κ1) is 14.2. The van der Waals surface area contributed by atoms with Crippen LogP contribution in [-0.4, -0.2) is 24.8 Å². The molecular formula is C14H18F3NO. The van der Waals surface area contributed by atoms with Gasteiger partial charge in [0, 0.05) is 25.4 Å². The number of halogens is 3. The molecule has 1 atom stereocenters. The van der Waals surface area contributed by atoms with Crippen molar-refractivity contribution in [3.63, 3.8) is 0 Å². The van der Waals surface area contributed by atoms with Crippen LogP contribution in [0.4, 0.5) is 18.9 Å². The Hall–Kier alpha value is -1.23. The fraction of sp³-hybridized carbons (Fsp3) is 0.571. The Labute approximate surface area is 110 Å². The molecule has 1 N–H and O–H groups in total. The molecule has 0 saturated carbocycles. The molecule has 19 heavy (non-hydrogen) atoms. The zero-order valence-electron chi connectivity index (χ0n) is 10.7. The SMILES string of the molecule is OCCC1CCCN(c2ccc(C(F)(F)F)cc2)C1. The quantitative estimate of drug-likeness (QED) is 0.913. The predicted molar refractivity (Wildman–Crippen MR) is 68.1 cm³/mol. The van der Waals surface area contributed by atoms with Gasteiger partial charge in [0.2, 0.25) is 0 Å². The molecule has 0 aromatic heterocycles. The van der Waals surface area contributed by atoms with Crippen molar-refractivity contribution in [1.29, 1.82) is 0 Å². The van der Waals surface area contributed by atoms with Crippen molar-refractivity contribution in [2.24, 2.45) is 5.92 Å². The minimum absolute atomic E-state index is 0.172. The highest BCUT2D eigenvalue weighted by molar-refractivity contribution is 5.48. The van der Waals surface area contributed by atoms with Gasteiger partial charge < -0.3 is 10.0 Å². The Bertz CT molecular complexity index is 400. The summed E-state index contributed by atoms with van der Waals surface area (Å²) in [5, 5.41) is 8.96. The van der Waals surface area contributed by atoms with Gasteiger partial charge in [-0.05, 0) is 49.4 Å². The van der Waals surface area contributed by atoms with Gasteiger partial charge in [0.1, 0.15) is 0 Å². The summed E-state index contributed by atoms with van der Waals surface area (Å²) in [7, 11) is 0. The molecule has 5 heteroatoms. The Morgan fingerprint density at radius 1 is 1.21 bits per heavy atom. The van der Waals surface area contributed by atoms with Crippen LogP contribution < -0.4 is 4.90 Å². The third-order valence-corrected chi connectivity index (χ3v) is 3.62. The third-order valence-electron chi connectivity index (χ3n) is 3.62. The monoisotopic (exact) mass is 273 g/mol. The molecule has 0 bridgehead atoms. The van der Waals surface area contributed by atoms with Gasteiger partial charge in [-0.1, -0.05) is 0 Å². The zero-order chi connectivity index (χ0) is 13.9. The van der Waals surface area contributed by atoms with E-state index in [-0.39, 0.29) is 6.61 Å². The van der Waals surface area contributed by atoms with Crippen LogP contribution in [0.5, 0.6) is 0 Å². The smallest absolute Gasteiger partial charge is 0.396 e. The highest BCUT2D eigenvalue weighted by Gasteiger charge is 2.30. The minimum Gasteiger partial charge on any atom is -0.396 e. The molecule has 0 aliphatic carbocycles. The predicted octanol–water partition coefficient (Wildman–Crippen LogP) is 3.30. The molecule has 1 aliphatic rings. The molecule has 1 aliphatic heterocycles. The standard InChI is InChI=1S/C14H18F3NO/c15-14(16,17)12-3-5-13(6-4-12)18-8-1-2-11(10-18)7-9-19/h3-6,11,19H,1-2,7-10H2. The largest absolute Gasteiger partial charge is 0.416 e. The average molecular weight is 273 g/mol. The molecule has 1 heterocycles. The first-order chi connectivity index (χ1) is 9.00. The normalized spacial score (nSPS) is 20.6. The van der Waals surface area contributed by atoms with Gasteiger partial charge in [0.15, 0.2) is 0 Å². The van der Waals surface area contributed by atoms with Gasteiger partial charge in [0.25, 0.3) is 0 Å². The van der Waals surface area contributed by atoms with Gasteiger partial charge >= 0.3 is 6.18 Å². The number of aliphatic hydroxyl groups is 1. The van der Waals surface area contributed by atoms with Gasteiger partial charge in [-0.15, -0.1) is 0 Å². The molecule has 1 saturated heterocycles. The lowest BCUT2D eigenvalue weighted by molar-refractivity contribution is -0.137. The van der Waals surface area contributed by atoms with Crippen LogP contribution in [0.2, 0.25) is 0 Å². The molecule has 1 aromatic carbocycles. The van der Waals surface area contributed by atoms with Crippen molar-refractivity contribution in [2.45, 2.75) is 25.4 Å². The van der Waals surface area contributed by atoms with Crippen LogP contribution in [-0.2, 0) is 6.18 Å². The Morgan fingerprint density at radius 2 is 1.89 bits per heavy atom. The first-order valence-electron chi connectivity index (χ1n) is 6.54. The molecule has 2 rings (SSSR count). The molecule has 106 valence electrons. The topological polar surface area (TPSA) is 23.5 Å². The van der Waals surface area contributed by atoms with Crippen molar-refractivity contribution in [3.05, 3.63) is 29.8 Å². The van der Waals surface area contributed by atoms with Gasteiger partial charge in [-0.2, -0.15) is 13.2 Å². The van der Waals surface area contributed by atoms with E-state index in [0.717, 1.165) is 50.2 Å². The fourth-order valence-electron chi connectivity index (χ4n) is 2.58. The Kier molecular flexibility index (Phi) is 4.34. The minimum atomic E-state index is -4.28. The number of rotatable bonds is 3. The van der Waals surface area contributed by atoms with Crippen LogP contribution in [0.25, 0.3) is 0 Å². The summed E-state index contributed by atoms with van der Waals surface area (Å²) in [5.41, 5.74) is 0.218. The summed E-state index contributed by atoms with van der Waals surface area (Å²) in [6, 6.07) is 5.32. The van der Waals surface area contributed by atoms with E-state index in [2.05, 4.69) is 4.90 Å². The van der Waals surface area contributed by atoms with E-state index < -0.39 is 11.7 Å². The summed E-state index contributed by atoms with van der Waals surface area (Å²) in [6.45, 7) is 1.85. The highest BCUT2D eigenvalue weighted by Crippen LogP contribution is 2.31. The number of nitrogens with zero attached hydrogens (tertiary/aromatic N) is 1. The van der Waals surface area contributed by atoms with E-state index in [1.165, 1.54) is 12.1 Å². The number of piperidine rings is 1. The molecule has 1 aromatic rings. The van der Waals surface area contributed by atoms with Crippen molar-refractivity contribution in [3.8, 4) is 0 Å². The van der Waals surface area contributed by atoms with Gasteiger partial charge in [-0.25, -0.2) is 0 Å². The van der Waals surface area contributed by atoms with Crippen molar-refractivity contribution < 1.29 is 18.3 Å². The lowest BCUT2D eigenvalue weighted by Gasteiger charge is -2.34. The summed E-state index contributed by atoms with van der Waals surface area (Å²) < 4.78 is 37.4. The van der Waals surface area contributed by atoms with Crippen LogP contribution >= 0.6 is 0 Å². The molecule has 1 fully saturated rings. The maximum atomic E-state index is 12.5. The van der Waals surface area contributed by atoms with E-state index >= 15 is 0 Å². The molecular weight excluding hydrogens is 255 g/mol. The van der Waals surface area contributed by atoms with Crippen molar-refractivity contribution in [1.82, 2.24) is 0 Å². The summed E-state index contributed by atoms with van der Waals surface area (Å²) in [5.74, 6) is 0.432. The highest BCUT2D eigenvalue weighted by atomic mass is 19.4. The van der Waals surface area contributed by atoms with E-state index in [1.807, 2.05) is 0 Å². The van der Waals surface area contributed by atoms with Crippen molar-refractivity contribution >= 4 is 5.69 Å². The van der Waals surface area contributed by atoms with Crippen LogP contribution in [0.3, 0.4) is 0 Å². The molecule has 0 radical (unpaired) electrons. The molecule has 1 unspecified atom stereocenters. The van der Waals surface area contributed by atoms with E-state index in [0.29, 0.717) is 5.92 Å². The van der Waals surface area contributed by atoms with E-state index in [4.69, 9.17) is 5.11 Å². The zero-order valence-corrected chi connectivity index (χ0v) is 10.7. The van der Waals surface area contributed by atoms with E-state index in [1.54, 1.807) is 0 Å². The van der Waals surface area contributed by atoms with Crippen LogP contribution in [0, 0.1) is 5.92 Å². The van der Waals surface area contributed by atoms with Gasteiger partial charge in [0.05, 0.1) is 5.56 Å². The first-order valence-corrected chi connectivity index (χ1v) is 6.54. The summed E-state index contributed by atoms with van der Waals surface area (Å²) >= 11 is 0.